The largest absolute Gasteiger partial charge is 0.487 e. The van der Waals surface area contributed by atoms with Gasteiger partial charge in [-0.2, -0.15) is 0 Å². The van der Waals surface area contributed by atoms with Crippen LogP contribution in [0.4, 0.5) is 4.39 Å². The lowest BCUT2D eigenvalue weighted by Gasteiger charge is -2.32. The number of halogens is 1. The normalized spacial score (nSPS) is 15.7. The zero-order valence-corrected chi connectivity index (χ0v) is 13.1. The van der Waals surface area contributed by atoms with Crippen molar-refractivity contribution in [1.82, 2.24) is 14.5 Å². The molecule has 1 aliphatic heterocycles. The second kappa shape index (κ2) is 6.81. The molecule has 1 aromatic heterocycles. The summed E-state index contributed by atoms with van der Waals surface area (Å²) in [4.78, 5) is 18.3. The summed E-state index contributed by atoms with van der Waals surface area (Å²) in [6.45, 7) is 3.45. The van der Waals surface area contributed by atoms with Crippen LogP contribution in [0.15, 0.2) is 36.7 Å². The molecular formula is C17H20FN3O2. The number of benzene rings is 1. The second-order valence-corrected chi connectivity index (χ2v) is 5.73. The van der Waals surface area contributed by atoms with Gasteiger partial charge in [-0.1, -0.05) is 12.1 Å². The average Bonchev–Trinajstić information content (AvgIpc) is 2.95. The summed E-state index contributed by atoms with van der Waals surface area (Å²) < 4.78 is 21.1. The van der Waals surface area contributed by atoms with Gasteiger partial charge in [-0.25, -0.2) is 9.37 Å². The Morgan fingerprint density at radius 3 is 2.74 bits per heavy atom. The zero-order chi connectivity index (χ0) is 16.2. The Hall–Kier alpha value is -2.37. The van der Waals surface area contributed by atoms with E-state index in [-0.39, 0.29) is 23.6 Å². The summed E-state index contributed by atoms with van der Waals surface area (Å²) >= 11 is 0. The lowest BCUT2D eigenvalue weighted by molar-refractivity contribution is -0.133. The first-order valence-corrected chi connectivity index (χ1v) is 7.80. The molecule has 1 fully saturated rings. The minimum atomic E-state index is -0.346. The van der Waals surface area contributed by atoms with Crippen molar-refractivity contribution in [1.29, 1.82) is 0 Å². The summed E-state index contributed by atoms with van der Waals surface area (Å²) in [5.41, 5.74) is 0. The first kappa shape index (κ1) is 15.5. The number of hydrogen-bond donors (Lipinski definition) is 0. The van der Waals surface area contributed by atoms with Crippen molar-refractivity contribution in [2.24, 2.45) is 0 Å². The highest BCUT2D eigenvalue weighted by molar-refractivity contribution is 5.76. The molecule has 1 aliphatic rings. The first-order valence-electron chi connectivity index (χ1n) is 7.80. The van der Waals surface area contributed by atoms with Gasteiger partial charge in [0.15, 0.2) is 11.6 Å². The number of piperidine rings is 1. The zero-order valence-electron chi connectivity index (χ0n) is 13.1. The van der Waals surface area contributed by atoms with Crippen LogP contribution in [0.1, 0.15) is 18.7 Å². The molecule has 0 aliphatic carbocycles. The van der Waals surface area contributed by atoms with Gasteiger partial charge in [-0.15, -0.1) is 0 Å². The second-order valence-electron chi connectivity index (χ2n) is 5.73. The molecule has 0 radical (unpaired) electrons. The third-order valence-electron chi connectivity index (χ3n) is 4.15. The number of imidazole rings is 1. The Kier molecular flexibility index (Phi) is 4.60. The highest BCUT2D eigenvalue weighted by Crippen LogP contribution is 2.22. The molecule has 2 heterocycles. The molecule has 0 bridgehead atoms. The third kappa shape index (κ3) is 3.70. The maximum atomic E-state index is 13.6. The lowest BCUT2D eigenvalue weighted by Crippen LogP contribution is -2.43. The molecule has 122 valence electrons. The molecule has 3 rings (SSSR count). The van der Waals surface area contributed by atoms with E-state index in [1.807, 2.05) is 16.4 Å². The van der Waals surface area contributed by atoms with Crippen LogP contribution in [-0.4, -0.2) is 39.6 Å². The molecule has 1 amide bonds. The third-order valence-corrected chi connectivity index (χ3v) is 4.15. The van der Waals surface area contributed by atoms with Crippen molar-refractivity contribution in [3.63, 3.8) is 0 Å². The smallest absolute Gasteiger partial charge is 0.242 e. The number of aryl methyl sites for hydroxylation is 1. The number of rotatable bonds is 4. The molecule has 5 nitrogen and oxygen atoms in total. The monoisotopic (exact) mass is 317 g/mol. The van der Waals surface area contributed by atoms with E-state index in [1.54, 1.807) is 30.6 Å². The predicted molar refractivity (Wildman–Crippen MR) is 83.6 cm³/mol. The Morgan fingerprint density at radius 2 is 2.09 bits per heavy atom. The van der Waals surface area contributed by atoms with Crippen molar-refractivity contribution < 1.29 is 13.9 Å². The van der Waals surface area contributed by atoms with Crippen LogP contribution in [0.5, 0.6) is 5.75 Å². The van der Waals surface area contributed by atoms with E-state index < -0.39 is 0 Å². The van der Waals surface area contributed by atoms with Crippen molar-refractivity contribution in [2.45, 2.75) is 32.4 Å². The van der Waals surface area contributed by atoms with Crippen LogP contribution in [0, 0.1) is 12.7 Å². The summed E-state index contributed by atoms with van der Waals surface area (Å²) in [6, 6.07) is 6.42. The van der Waals surface area contributed by atoms with E-state index in [9.17, 15) is 9.18 Å². The fraction of sp³-hybridized carbons (Fsp3) is 0.412. The van der Waals surface area contributed by atoms with Crippen LogP contribution < -0.4 is 4.74 Å². The number of aromatic nitrogens is 2. The standard InChI is InChI=1S/C17H20FN3O2/c1-13-19-8-11-21(13)12-17(22)20-9-6-14(7-10-20)23-16-5-3-2-4-15(16)18/h2-5,8,11,14H,6-7,9-10,12H2,1H3. The SMILES string of the molecule is Cc1nccn1CC(=O)N1CCC(Oc2ccccc2F)CC1. The number of ether oxygens (including phenoxy) is 1. The molecule has 6 heteroatoms. The molecule has 0 atom stereocenters. The van der Waals surface area contributed by atoms with Crippen molar-refractivity contribution in [2.75, 3.05) is 13.1 Å². The molecule has 0 saturated carbocycles. The average molecular weight is 317 g/mol. The van der Waals surface area contributed by atoms with Crippen LogP contribution >= 0.6 is 0 Å². The molecule has 2 aromatic rings. The van der Waals surface area contributed by atoms with Gasteiger partial charge in [0, 0.05) is 38.3 Å². The molecule has 0 unspecified atom stereocenters. The number of hydrogen-bond acceptors (Lipinski definition) is 3. The Morgan fingerprint density at radius 1 is 1.35 bits per heavy atom. The van der Waals surface area contributed by atoms with Crippen molar-refractivity contribution >= 4 is 5.91 Å². The van der Waals surface area contributed by atoms with Crippen LogP contribution in [-0.2, 0) is 11.3 Å². The van der Waals surface area contributed by atoms with E-state index in [2.05, 4.69) is 4.98 Å². The van der Waals surface area contributed by atoms with Crippen LogP contribution in [0.25, 0.3) is 0 Å². The van der Waals surface area contributed by atoms with Gasteiger partial charge in [-0.05, 0) is 19.1 Å². The van der Waals surface area contributed by atoms with E-state index in [0.29, 0.717) is 32.5 Å². The number of carbonyl (C=O) groups is 1. The minimum absolute atomic E-state index is 0.0501. The summed E-state index contributed by atoms with van der Waals surface area (Å²) in [7, 11) is 0. The van der Waals surface area contributed by atoms with E-state index >= 15 is 0 Å². The number of likely N-dealkylation sites (tertiary alicyclic amines) is 1. The highest BCUT2D eigenvalue weighted by Gasteiger charge is 2.24. The summed E-state index contributed by atoms with van der Waals surface area (Å²) in [5, 5.41) is 0. The van der Waals surface area contributed by atoms with Crippen LogP contribution in [0.2, 0.25) is 0 Å². The van der Waals surface area contributed by atoms with Gasteiger partial charge in [0.05, 0.1) is 0 Å². The molecule has 0 spiro atoms. The molecule has 1 aromatic carbocycles. The van der Waals surface area contributed by atoms with Gasteiger partial charge >= 0.3 is 0 Å². The predicted octanol–water partition coefficient (Wildman–Crippen LogP) is 2.40. The van der Waals surface area contributed by atoms with Gasteiger partial charge in [-0.3, -0.25) is 4.79 Å². The summed E-state index contributed by atoms with van der Waals surface area (Å²) in [6.07, 6.45) is 4.87. The lowest BCUT2D eigenvalue weighted by atomic mass is 10.1. The van der Waals surface area contributed by atoms with Crippen LogP contribution in [0.3, 0.4) is 0 Å². The Balaban J connectivity index is 1.51. The fourth-order valence-corrected chi connectivity index (χ4v) is 2.76. The van der Waals surface area contributed by atoms with Crippen molar-refractivity contribution in [3.05, 3.63) is 48.3 Å². The number of nitrogens with zero attached hydrogens (tertiary/aromatic N) is 3. The maximum absolute atomic E-state index is 13.6. The number of amides is 1. The quantitative estimate of drug-likeness (QED) is 0.870. The molecular weight excluding hydrogens is 297 g/mol. The van der Waals surface area contributed by atoms with Crippen molar-refractivity contribution in [3.8, 4) is 5.75 Å². The topological polar surface area (TPSA) is 47.4 Å². The van der Waals surface area contributed by atoms with E-state index in [0.717, 1.165) is 5.82 Å². The van der Waals surface area contributed by atoms with E-state index in [1.165, 1.54) is 6.07 Å². The fourth-order valence-electron chi connectivity index (χ4n) is 2.76. The van der Waals surface area contributed by atoms with Gasteiger partial charge in [0.2, 0.25) is 5.91 Å². The minimum Gasteiger partial charge on any atom is -0.487 e. The molecule has 0 N–H and O–H groups in total. The number of para-hydroxylation sites is 1. The Bertz CT molecular complexity index is 678. The van der Waals surface area contributed by atoms with E-state index in [4.69, 9.17) is 4.74 Å². The van der Waals surface area contributed by atoms with Gasteiger partial charge < -0.3 is 14.2 Å². The molecule has 1 saturated heterocycles. The highest BCUT2D eigenvalue weighted by atomic mass is 19.1. The molecule has 23 heavy (non-hydrogen) atoms. The van der Waals surface area contributed by atoms with Gasteiger partial charge in [0.1, 0.15) is 18.5 Å². The number of carbonyl (C=O) groups excluding carboxylic acids is 1. The maximum Gasteiger partial charge on any atom is 0.242 e. The first-order chi connectivity index (χ1) is 11.1. The van der Waals surface area contributed by atoms with Gasteiger partial charge in [0.25, 0.3) is 0 Å². The summed E-state index contributed by atoms with van der Waals surface area (Å²) in [5.74, 6) is 0.847. The Labute approximate surface area is 134 Å².